The molecule has 1 aliphatic rings. The van der Waals surface area contributed by atoms with Gasteiger partial charge in [-0.1, -0.05) is 121 Å². The number of allylic oxidation sites excluding steroid dienone is 1. The van der Waals surface area contributed by atoms with Crippen LogP contribution in [0.4, 0.5) is 17.1 Å². The van der Waals surface area contributed by atoms with Crippen molar-refractivity contribution in [2.75, 3.05) is 4.90 Å². The smallest absolute Gasteiger partial charge is 0.0541 e. The van der Waals surface area contributed by atoms with E-state index >= 15 is 0 Å². The van der Waals surface area contributed by atoms with E-state index in [1.807, 2.05) is 0 Å². The molecule has 8 aromatic carbocycles. The maximum atomic E-state index is 2.46. The molecule has 3 heteroatoms. The molecule has 0 unspecified atom stereocenters. The molecule has 0 spiro atoms. The van der Waals surface area contributed by atoms with Gasteiger partial charge >= 0.3 is 0 Å². The second kappa shape index (κ2) is 13.7. The van der Waals surface area contributed by atoms with Crippen molar-refractivity contribution in [1.82, 2.24) is 9.13 Å². The van der Waals surface area contributed by atoms with E-state index in [1.165, 1.54) is 71.9 Å². The number of para-hydroxylation sites is 3. The van der Waals surface area contributed by atoms with E-state index < -0.39 is 0 Å². The third-order valence-electron chi connectivity index (χ3n) is 11.6. The van der Waals surface area contributed by atoms with Gasteiger partial charge < -0.3 is 14.0 Å². The van der Waals surface area contributed by atoms with E-state index in [0.717, 1.165) is 35.6 Å². The van der Waals surface area contributed by atoms with Crippen LogP contribution in [0.2, 0.25) is 0 Å². The minimum absolute atomic E-state index is 1.04. The van der Waals surface area contributed by atoms with E-state index in [9.17, 15) is 0 Å². The van der Waals surface area contributed by atoms with Gasteiger partial charge in [0.15, 0.2) is 0 Å². The van der Waals surface area contributed by atoms with Crippen molar-refractivity contribution in [3.8, 4) is 33.6 Å². The lowest BCUT2D eigenvalue weighted by atomic mass is 9.98. The Hall–Kier alpha value is -7.36. The third-order valence-corrected chi connectivity index (χ3v) is 11.6. The standard InChI is InChI=1S/C54H39N3/c1-4-14-38(15-5-1)39-24-28-44(29-25-39)55(42-16-6-2-7-17-42)45-30-32-46(33-31-45)57-52-23-13-11-21-48(52)50-37-41(27-35-54(50)57)40-26-34-53-49(36-40)47-20-10-12-22-51(47)56(53)43-18-8-3-9-19-43/h1-11,13-21,23-37H,12,22H2. The van der Waals surface area contributed by atoms with Gasteiger partial charge in [0.1, 0.15) is 0 Å². The fraction of sp³-hybridized carbons (Fsp3) is 0.0370. The quantitative estimate of drug-likeness (QED) is 0.159. The van der Waals surface area contributed by atoms with Crippen LogP contribution >= 0.6 is 0 Å². The van der Waals surface area contributed by atoms with Gasteiger partial charge in [0.2, 0.25) is 0 Å². The summed E-state index contributed by atoms with van der Waals surface area (Å²) in [6.45, 7) is 0. The maximum Gasteiger partial charge on any atom is 0.0541 e. The molecular weight excluding hydrogens is 691 g/mol. The van der Waals surface area contributed by atoms with Crippen LogP contribution in [-0.4, -0.2) is 9.13 Å². The molecule has 0 aliphatic heterocycles. The first kappa shape index (κ1) is 33.0. The molecule has 0 fully saturated rings. The average molecular weight is 730 g/mol. The number of hydrogen-bond donors (Lipinski definition) is 0. The summed E-state index contributed by atoms with van der Waals surface area (Å²) in [6, 6.07) is 72.6. The average Bonchev–Trinajstić information content (AvgIpc) is 3.80. The molecule has 0 saturated carbocycles. The zero-order valence-corrected chi connectivity index (χ0v) is 31.5. The van der Waals surface area contributed by atoms with E-state index in [0.29, 0.717) is 0 Å². The molecule has 0 atom stereocenters. The highest BCUT2D eigenvalue weighted by Gasteiger charge is 2.20. The Morgan fingerprint density at radius 3 is 1.60 bits per heavy atom. The molecule has 0 bridgehead atoms. The lowest BCUT2D eigenvalue weighted by molar-refractivity contribution is 0.888. The lowest BCUT2D eigenvalue weighted by Gasteiger charge is -2.26. The van der Waals surface area contributed by atoms with Crippen molar-refractivity contribution in [1.29, 1.82) is 0 Å². The highest BCUT2D eigenvalue weighted by atomic mass is 15.1. The largest absolute Gasteiger partial charge is 0.313 e. The van der Waals surface area contributed by atoms with Gasteiger partial charge in [-0.05, 0) is 126 Å². The summed E-state index contributed by atoms with van der Waals surface area (Å²) >= 11 is 0. The summed E-state index contributed by atoms with van der Waals surface area (Å²) in [5.41, 5.74) is 17.0. The first-order valence-corrected chi connectivity index (χ1v) is 19.8. The normalized spacial score (nSPS) is 12.4. The monoisotopic (exact) mass is 729 g/mol. The number of fused-ring (bicyclic) bond motifs is 6. The molecule has 270 valence electrons. The van der Waals surface area contributed by atoms with Gasteiger partial charge in [-0.25, -0.2) is 0 Å². The maximum absolute atomic E-state index is 2.46. The highest BCUT2D eigenvalue weighted by Crippen LogP contribution is 2.40. The summed E-state index contributed by atoms with van der Waals surface area (Å²) in [4.78, 5) is 2.33. The predicted octanol–water partition coefficient (Wildman–Crippen LogP) is 14.5. The van der Waals surface area contributed by atoms with E-state index in [-0.39, 0.29) is 0 Å². The van der Waals surface area contributed by atoms with Gasteiger partial charge in [0, 0.05) is 55.9 Å². The molecular formula is C54H39N3. The lowest BCUT2D eigenvalue weighted by Crippen LogP contribution is -2.10. The Morgan fingerprint density at radius 2 is 0.877 bits per heavy atom. The minimum Gasteiger partial charge on any atom is -0.313 e. The van der Waals surface area contributed by atoms with Gasteiger partial charge in [0.25, 0.3) is 0 Å². The number of nitrogens with zero attached hydrogens (tertiary/aromatic N) is 3. The van der Waals surface area contributed by atoms with Crippen molar-refractivity contribution < 1.29 is 0 Å². The Bertz CT molecular complexity index is 3080. The van der Waals surface area contributed by atoms with Crippen molar-refractivity contribution in [3.05, 3.63) is 218 Å². The molecule has 57 heavy (non-hydrogen) atoms. The van der Waals surface area contributed by atoms with Crippen LogP contribution in [0.3, 0.4) is 0 Å². The number of anilines is 3. The van der Waals surface area contributed by atoms with Crippen LogP contribution in [-0.2, 0) is 6.42 Å². The first-order chi connectivity index (χ1) is 28.3. The SMILES string of the molecule is C1=Cc2c(n(-c3ccccc3)c3ccc(-c4ccc5c(c4)c4ccccc4n5-c4ccc(N(c5ccccc5)c5ccc(-c6ccccc6)cc5)cc4)cc23)CC1. The molecule has 10 aromatic rings. The van der Waals surface area contributed by atoms with Crippen LogP contribution in [0.5, 0.6) is 0 Å². The number of rotatable bonds is 7. The van der Waals surface area contributed by atoms with Crippen molar-refractivity contribution in [2.24, 2.45) is 0 Å². The van der Waals surface area contributed by atoms with E-state index in [1.54, 1.807) is 0 Å². The topological polar surface area (TPSA) is 13.1 Å². The second-order valence-electron chi connectivity index (χ2n) is 14.9. The van der Waals surface area contributed by atoms with Crippen molar-refractivity contribution in [3.63, 3.8) is 0 Å². The molecule has 2 heterocycles. The van der Waals surface area contributed by atoms with Crippen LogP contribution in [0.25, 0.3) is 72.4 Å². The minimum atomic E-state index is 1.04. The molecule has 0 saturated heterocycles. The summed E-state index contributed by atoms with van der Waals surface area (Å²) in [7, 11) is 0. The number of aromatic nitrogens is 2. The Balaban J connectivity index is 0.986. The molecule has 3 nitrogen and oxygen atoms in total. The second-order valence-corrected chi connectivity index (χ2v) is 14.9. The van der Waals surface area contributed by atoms with Crippen LogP contribution in [0.15, 0.2) is 206 Å². The van der Waals surface area contributed by atoms with E-state index in [4.69, 9.17) is 0 Å². The molecule has 0 radical (unpaired) electrons. The van der Waals surface area contributed by atoms with Gasteiger partial charge in [-0.2, -0.15) is 0 Å². The molecule has 0 amide bonds. The molecule has 0 N–H and O–H groups in total. The number of benzene rings is 8. The van der Waals surface area contributed by atoms with Crippen LogP contribution in [0, 0.1) is 0 Å². The zero-order valence-electron chi connectivity index (χ0n) is 31.5. The highest BCUT2D eigenvalue weighted by molar-refractivity contribution is 6.10. The Morgan fingerprint density at radius 1 is 0.368 bits per heavy atom. The van der Waals surface area contributed by atoms with Crippen LogP contribution in [0.1, 0.15) is 17.7 Å². The van der Waals surface area contributed by atoms with Gasteiger partial charge in [-0.3, -0.25) is 0 Å². The van der Waals surface area contributed by atoms with E-state index in [2.05, 4.69) is 226 Å². The fourth-order valence-electron chi connectivity index (χ4n) is 8.91. The third kappa shape index (κ3) is 5.67. The van der Waals surface area contributed by atoms with Crippen molar-refractivity contribution >= 4 is 55.8 Å². The summed E-state index contributed by atoms with van der Waals surface area (Å²) in [6.07, 6.45) is 6.76. The van der Waals surface area contributed by atoms with Gasteiger partial charge in [-0.15, -0.1) is 0 Å². The first-order valence-electron chi connectivity index (χ1n) is 19.8. The molecule has 2 aromatic heterocycles. The molecule has 1 aliphatic carbocycles. The fourth-order valence-corrected chi connectivity index (χ4v) is 8.91. The predicted molar refractivity (Wildman–Crippen MR) is 241 cm³/mol. The summed E-state index contributed by atoms with van der Waals surface area (Å²) < 4.78 is 4.87. The molecule has 11 rings (SSSR count). The van der Waals surface area contributed by atoms with Crippen molar-refractivity contribution in [2.45, 2.75) is 12.8 Å². The zero-order chi connectivity index (χ0) is 37.7. The summed E-state index contributed by atoms with van der Waals surface area (Å²) in [5, 5.41) is 3.81. The van der Waals surface area contributed by atoms with Gasteiger partial charge in [0.05, 0.1) is 16.6 Å². The van der Waals surface area contributed by atoms with Crippen LogP contribution < -0.4 is 4.90 Å². The number of hydrogen-bond acceptors (Lipinski definition) is 1. The Labute approximate surface area is 332 Å². The Kier molecular flexibility index (Phi) is 7.96. The summed E-state index contributed by atoms with van der Waals surface area (Å²) in [5.74, 6) is 0.